The molecule has 0 fully saturated rings. The third kappa shape index (κ3) is 1.81. The molecule has 3 aromatic rings. The number of fused-ring (bicyclic) bond motifs is 1. The first-order valence-electron chi connectivity index (χ1n) is 5.10. The molecule has 0 amide bonds. The lowest BCUT2D eigenvalue weighted by Gasteiger charge is -2.07. The van der Waals surface area contributed by atoms with E-state index in [1.165, 1.54) is 0 Å². The van der Waals surface area contributed by atoms with Crippen molar-refractivity contribution in [2.24, 2.45) is 0 Å². The van der Waals surface area contributed by atoms with E-state index < -0.39 is 0 Å². The molecule has 2 heterocycles. The Bertz CT molecular complexity index is 739. The fraction of sp³-hybridized carbons (Fsp3) is 0. The highest BCUT2D eigenvalue weighted by Crippen LogP contribution is 2.34. The summed E-state index contributed by atoms with van der Waals surface area (Å²) in [6, 6.07) is 5.46. The number of rotatable bonds is 1. The van der Waals surface area contributed by atoms with Gasteiger partial charge in [0.2, 0.25) is 0 Å². The SMILES string of the molecule is Clc1cccc(-c2ncc(Br)n3ccnc23)c1Cl. The summed E-state index contributed by atoms with van der Waals surface area (Å²) in [5, 5.41) is 0.988. The highest BCUT2D eigenvalue weighted by Gasteiger charge is 2.13. The van der Waals surface area contributed by atoms with Gasteiger partial charge in [-0.3, -0.25) is 4.40 Å². The van der Waals surface area contributed by atoms with Crippen molar-refractivity contribution in [2.75, 3.05) is 0 Å². The summed E-state index contributed by atoms with van der Waals surface area (Å²) < 4.78 is 2.72. The van der Waals surface area contributed by atoms with Gasteiger partial charge in [-0.2, -0.15) is 0 Å². The van der Waals surface area contributed by atoms with E-state index in [4.69, 9.17) is 23.2 Å². The van der Waals surface area contributed by atoms with Crippen LogP contribution in [0, 0.1) is 0 Å². The summed E-state index contributed by atoms with van der Waals surface area (Å²) in [6.07, 6.45) is 5.27. The number of benzene rings is 1. The standard InChI is InChI=1S/C12H6BrCl2N3/c13-9-6-17-11(12-16-4-5-18(9)12)7-2-1-3-8(14)10(7)15/h1-6H. The predicted octanol–water partition coefficient (Wildman–Crippen LogP) is 4.47. The zero-order valence-electron chi connectivity index (χ0n) is 8.94. The Morgan fingerprint density at radius 3 is 2.83 bits per heavy atom. The maximum atomic E-state index is 6.21. The normalized spacial score (nSPS) is 11.1. The molecule has 0 atom stereocenters. The van der Waals surface area contributed by atoms with Crippen molar-refractivity contribution in [2.45, 2.75) is 0 Å². The van der Waals surface area contributed by atoms with Crippen molar-refractivity contribution >= 4 is 44.8 Å². The minimum Gasteiger partial charge on any atom is -0.291 e. The molecular formula is C12H6BrCl2N3. The van der Waals surface area contributed by atoms with Gasteiger partial charge in [0.1, 0.15) is 10.3 Å². The second kappa shape index (κ2) is 4.53. The molecule has 18 heavy (non-hydrogen) atoms. The topological polar surface area (TPSA) is 30.2 Å². The first-order valence-corrected chi connectivity index (χ1v) is 6.65. The van der Waals surface area contributed by atoms with Crippen LogP contribution < -0.4 is 0 Å². The smallest absolute Gasteiger partial charge is 0.164 e. The Hall–Kier alpha value is -1.10. The van der Waals surface area contributed by atoms with E-state index in [-0.39, 0.29) is 0 Å². The fourth-order valence-electron chi connectivity index (χ4n) is 1.77. The molecule has 0 aliphatic heterocycles. The van der Waals surface area contributed by atoms with Gasteiger partial charge in [-0.25, -0.2) is 9.97 Å². The highest BCUT2D eigenvalue weighted by molar-refractivity contribution is 9.10. The molecule has 0 saturated carbocycles. The van der Waals surface area contributed by atoms with Crippen LogP contribution in [0.5, 0.6) is 0 Å². The van der Waals surface area contributed by atoms with Crippen molar-refractivity contribution in [3.05, 3.63) is 51.4 Å². The maximum absolute atomic E-state index is 6.21. The van der Waals surface area contributed by atoms with Crippen LogP contribution >= 0.6 is 39.1 Å². The summed E-state index contributed by atoms with van der Waals surface area (Å²) >= 11 is 15.7. The van der Waals surface area contributed by atoms with Crippen LogP contribution in [-0.4, -0.2) is 14.4 Å². The van der Waals surface area contributed by atoms with Gasteiger partial charge in [-0.1, -0.05) is 35.3 Å². The molecule has 0 aliphatic rings. The number of nitrogens with zero attached hydrogens (tertiary/aromatic N) is 3. The second-order valence-electron chi connectivity index (χ2n) is 3.65. The molecule has 0 aliphatic carbocycles. The summed E-state index contributed by atoms with van der Waals surface area (Å²) in [5.74, 6) is 0. The van der Waals surface area contributed by atoms with Crippen molar-refractivity contribution in [3.63, 3.8) is 0 Å². The molecule has 3 nitrogen and oxygen atoms in total. The van der Waals surface area contributed by atoms with Crippen LogP contribution in [0.25, 0.3) is 16.9 Å². The van der Waals surface area contributed by atoms with Gasteiger partial charge in [0, 0.05) is 18.0 Å². The molecule has 6 heteroatoms. The first-order chi connectivity index (χ1) is 8.68. The molecular weight excluding hydrogens is 337 g/mol. The van der Waals surface area contributed by atoms with E-state index >= 15 is 0 Å². The van der Waals surface area contributed by atoms with Gasteiger partial charge >= 0.3 is 0 Å². The van der Waals surface area contributed by atoms with E-state index in [1.807, 2.05) is 22.7 Å². The monoisotopic (exact) mass is 341 g/mol. The molecule has 0 radical (unpaired) electrons. The van der Waals surface area contributed by atoms with Crippen LogP contribution in [0.15, 0.2) is 41.4 Å². The molecule has 0 bridgehead atoms. The van der Waals surface area contributed by atoms with Gasteiger partial charge < -0.3 is 0 Å². The molecule has 3 rings (SSSR count). The van der Waals surface area contributed by atoms with Crippen molar-refractivity contribution in [3.8, 4) is 11.3 Å². The third-order valence-corrected chi connectivity index (χ3v) is 4.00. The molecule has 1 aromatic carbocycles. The average molecular weight is 343 g/mol. The minimum atomic E-state index is 0.485. The van der Waals surface area contributed by atoms with Crippen LogP contribution in [0.4, 0.5) is 0 Å². The summed E-state index contributed by atoms with van der Waals surface area (Å²) in [4.78, 5) is 8.67. The molecule has 0 unspecified atom stereocenters. The Kier molecular flexibility index (Phi) is 3.01. The van der Waals surface area contributed by atoms with Crippen molar-refractivity contribution < 1.29 is 0 Å². The van der Waals surface area contributed by atoms with Crippen LogP contribution in [0.3, 0.4) is 0 Å². The molecule has 0 spiro atoms. The van der Waals surface area contributed by atoms with Gasteiger partial charge in [-0.05, 0) is 22.0 Å². The number of halogens is 3. The second-order valence-corrected chi connectivity index (χ2v) is 5.25. The Morgan fingerprint density at radius 1 is 1.17 bits per heavy atom. The van der Waals surface area contributed by atoms with Gasteiger partial charge in [-0.15, -0.1) is 0 Å². The highest BCUT2D eigenvalue weighted by atomic mass is 79.9. The number of aromatic nitrogens is 3. The summed E-state index contributed by atoms with van der Waals surface area (Å²) in [5.41, 5.74) is 2.21. The van der Waals surface area contributed by atoms with E-state index in [9.17, 15) is 0 Å². The molecule has 90 valence electrons. The van der Waals surface area contributed by atoms with Crippen LogP contribution in [0.2, 0.25) is 10.0 Å². The Balaban J connectivity index is 2.35. The van der Waals surface area contributed by atoms with Gasteiger partial charge in [0.25, 0.3) is 0 Å². The largest absolute Gasteiger partial charge is 0.291 e. The number of hydrogen-bond acceptors (Lipinski definition) is 2. The van der Waals surface area contributed by atoms with E-state index in [1.54, 1.807) is 18.5 Å². The lowest BCUT2D eigenvalue weighted by Crippen LogP contribution is -1.94. The number of imidazole rings is 1. The fourth-order valence-corrected chi connectivity index (χ4v) is 2.54. The Labute approximate surface area is 122 Å². The van der Waals surface area contributed by atoms with E-state index in [0.29, 0.717) is 15.7 Å². The third-order valence-electron chi connectivity index (χ3n) is 2.59. The van der Waals surface area contributed by atoms with E-state index in [0.717, 1.165) is 15.8 Å². The van der Waals surface area contributed by atoms with Crippen molar-refractivity contribution in [1.82, 2.24) is 14.4 Å². The predicted molar refractivity (Wildman–Crippen MR) is 76.1 cm³/mol. The minimum absolute atomic E-state index is 0.485. The molecule has 0 saturated heterocycles. The molecule has 2 aromatic heterocycles. The lowest BCUT2D eigenvalue weighted by molar-refractivity contribution is 1.09. The summed E-state index contributed by atoms with van der Waals surface area (Å²) in [6.45, 7) is 0. The summed E-state index contributed by atoms with van der Waals surface area (Å²) in [7, 11) is 0. The Morgan fingerprint density at radius 2 is 2.00 bits per heavy atom. The lowest BCUT2D eigenvalue weighted by atomic mass is 10.1. The zero-order chi connectivity index (χ0) is 12.7. The van der Waals surface area contributed by atoms with E-state index in [2.05, 4.69) is 25.9 Å². The van der Waals surface area contributed by atoms with Gasteiger partial charge in [0.15, 0.2) is 5.65 Å². The maximum Gasteiger partial charge on any atom is 0.164 e. The quantitative estimate of drug-likeness (QED) is 0.653. The average Bonchev–Trinajstić information content (AvgIpc) is 2.84. The molecule has 0 N–H and O–H groups in total. The van der Waals surface area contributed by atoms with Gasteiger partial charge in [0.05, 0.1) is 16.2 Å². The van der Waals surface area contributed by atoms with Crippen LogP contribution in [0.1, 0.15) is 0 Å². The zero-order valence-corrected chi connectivity index (χ0v) is 12.0. The number of hydrogen-bond donors (Lipinski definition) is 0. The first kappa shape index (κ1) is 12.0. The van der Waals surface area contributed by atoms with Crippen molar-refractivity contribution in [1.29, 1.82) is 0 Å². The van der Waals surface area contributed by atoms with Crippen LogP contribution in [-0.2, 0) is 0 Å².